The molecule has 4 nitrogen and oxygen atoms in total. The lowest BCUT2D eigenvalue weighted by atomic mass is 9.96. The maximum absolute atomic E-state index is 12.0. The van der Waals surface area contributed by atoms with Gasteiger partial charge in [-0.05, 0) is 63.4 Å². The zero-order valence-corrected chi connectivity index (χ0v) is 14.0. The Hall–Kier alpha value is -1.55. The summed E-state index contributed by atoms with van der Waals surface area (Å²) in [7, 11) is 1.65. The predicted molar refractivity (Wildman–Crippen MR) is 89.1 cm³/mol. The summed E-state index contributed by atoms with van der Waals surface area (Å²) in [5.41, 5.74) is 1.02. The van der Waals surface area contributed by atoms with Crippen molar-refractivity contribution in [2.75, 3.05) is 26.7 Å². The molecule has 0 saturated carbocycles. The lowest BCUT2D eigenvalue weighted by Crippen LogP contribution is -2.41. The van der Waals surface area contributed by atoms with Gasteiger partial charge in [0.2, 0.25) is 5.91 Å². The van der Waals surface area contributed by atoms with E-state index in [0.717, 1.165) is 30.9 Å². The maximum atomic E-state index is 12.0. The van der Waals surface area contributed by atoms with Crippen LogP contribution in [0.5, 0.6) is 5.75 Å². The third-order valence-corrected chi connectivity index (χ3v) is 4.49. The Morgan fingerprint density at radius 2 is 1.91 bits per heavy atom. The van der Waals surface area contributed by atoms with Crippen molar-refractivity contribution in [1.29, 1.82) is 0 Å². The van der Waals surface area contributed by atoms with Crippen LogP contribution in [-0.2, 0) is 11.2 Å². The van der Waals surface area contributed by atoms with Crippen molar-refractivity contribution in [3.63, 3.8) is 0 Å². The van der Waals surface area contributed by atoms with E-state index in [2.05, 4.69) is 24.1 Å². The summed E-state index contributed by atoms with van der Waals surface area (Å²) >= 11 is 0. The highest BCUT2D eigenvalue weighted by Gasteiger charge is 2.21. The minimum atomic E-state index is 0.108. The van der Waals surface area contributed by atoms with Gasteiger partial charge in [-0.3, -0.25) is 4.79 Å². The van der Waals surface area contributed by atoms with E-state index < -0.39 is 0 Å². The number of carbonyl (C=O) groups is 1. The number of amides is 1. The molecule has 0 aromatic heterocycles. The number of hydrogen-bond donors (Lipinski definition) is 1. The van der Waals surface area contributed by atoms with Crippen molar-refractivity contribution in [3.05, 3.63) is 29.8 Å². The number of methoxy groups -OCH3 is 1. The smallest absolute Gasteiger partial charge is 0.224 e. The van der Waals surface area contributed by atoms with Crippen LogP contribution in [0.2, 0.25) is 0 Å². The number of hydrogen-bond acceptors (Lipinski definition) is 3. The normalized spacial score (nSPS) is 16.7. The van der Waals surface area contributed by atoms with Crippen LogP contribution in [0.3, 0.4) is 0 Å². The standard InChI is InChI=1S/C18H28N2O2/c1-14(2)20-10-8-16(9-11-20)13-19-18(21)12-15-4-6-17(22-3)7-5-15/h4-7,14,16H,8-13H2,1-3H3,(H,19,21). The molecular formula is C18H28N2O2. The highest BCUT2D eigenvalue weighted by atomic mass is 16.5. The number of rotatable bonds is 6. The molecule has 4 heteroatoms. The fraction of sp³-hybridized carbons (Fsp3) is 0.611. The van der Waals surface area contributed by atoms with Crippen LogP contribution in [0.25, 0.3) is 0 Å². The first kappa shape index (κ1) is 16.8. The second kappa shape index (κ2) is 8.18. The highest BCUT2D eigenvalue weighted by molar-refractivity contribution is 5.78. The van der Waals surface area contributed by atoms with Crippen LogP contribution in [0.15, 0.2) is 24.3 Å². The molecule has 0 aliphatic carbocycles. The summed E-state index contributed by atoms with van der Waals surface area (Å²) in [5.74, 6) is 1.55. The van der Waals surface area contributed by atoms with E-state index in [1.165, 1.54) is 12.8 Å². The Balaban J connectivity index is 1.69. The fourth-order valence-corrected chi connectivity index (χ4v) is 2.92. The molecular weight excluding hydrogens is 276 g/mol. The Morgan fingerprint density at radius 3 is 2.45 bits per heavy atom. The van der Waals surface area contributed by atoms with Crippen molar-refractivity contribution in [2.45, 2.75) is 39.2 Å². The van der Waals surface area contributed by atoms with Crippen molar-refractivity contribution in [2.24, 2.45) is 5.92 Å². The molecule has 0 bridgehead atoms. The first-order valence-corrected chi connectivity index (χ1v) is 8.22. The maximum Gasteiger partial charge on any atom is 0.224 e. The largest absolute Gasteiger partial charge is 0.497 e. The third-order valence-electron chi connectivity index (χ3n) is 4.49. The van der Waals surface area contributed by atoms with Crippen LogP contribution in [-0.4, -0.2) is 43.6 Å². The van der Waals surface area contributed by atoms with Gasteiger partial charge >= 0.3 is 0 Å². The van der Waals surface area contributed by atoms with Crippen molar-refractivity contribution < 1.29 is 9.53 Å². The summed E-state index contributed by atoms with van der Waals surface area (Å²) in [6, 6.07) is 8.30. The SMILES string of the molecule is COc1ccc(CC(=O)NCC2CCN(C(C)C)CC2)cc1. The van der Waals surface area contributed by atoms with E-state index in [4.69, 9.17) is 4.74 Å². The summed E-state index contributed by atoms with van der Waals surface area (Å²) in [6.07, 6.45) is 2.80. The number of benzene rings is 1. The van der Waals surface area contributed by atoms with Gasteiger partial charge in [-0.25, -0.2) is 0 Å². The fourth-order valence-electron chi connectivity index (χ4n) is 2.92. The Morgan fingerprint density at radius 1 is 1.27 bits per heavy atom. The molecule has 1 aliphatic rings. The van der Waals surface area contributed by atoms with Crippen molar-refractivity contribution >= 4 is 5.91 Å². The predicted octanol–water partition coefficient (Wildman–Crippen LogP) is 2.47. The van der Waals surface area contributed by atoms with Gasteiger partial charge < -0.3 is 15.0 Å². The molecule has 1 fully saturated rings. The minimum absolute atomic E-state index is 0.108. The third kappa shape index (κ3) is 5.02. The summed E-state index contributed by atoms with van der Waals surface area (Å²) in [6.45, 7) is 7.60. The van der Waals surface area contributed by atoms with E-state index >= 15 is 0 Å². The van der Waals surface area contributed by atoms with Crippen molar-refractivity contribution in [1.82, 2.24) is 10.2 Å². The molecule has 1 aromatic rings. The number of ether oxygens (including phenoxy) is 1. The molecule has 122 valence electrons. The molecule has 0 spiro atoms. The van der Waals surface area contributed by atoms with Gasteiger partial charge in [0.05, 0.1) is 13.5 Å². The van der Waals surface area contributed by atoms with E-state index in [9.17, 15) is 4.79 Å². The van der Waals surface area contributed by atoms with Gasteiger partial charge in [0.25, 0.3) is 0 Å². The topological polar surface area (TPSA) is 41.6 Å². The zero-order valence-electron chi connectivity index (χ0n) is 14.0. The average molecular weight is 304 g/mol. The lowest BCUT2D eigenvalue weighted by Gasteiger charge is -2.34. The zero-order chi connectivity index (χ0) is 15.9. The van der Waals surface area contributed by atoms with Gasteiger partial charge in [-0.15, -0.1) is 0 Å². The summed E-state index contributed by atoms with van der Waals surface area (Å²) < 4.78 is 5.12. The first-order chi connectivity index (χ1) is 10.6. The van der Waals surface area contributed by atoms with Gasteiger partial charge in [0, 0.05) is 12.6 Å². The van der Waals surface area contributed by atoms with Crippen molar-refractivity contribution in [3.8, 4) is 5.75 Å². The number of nitrogens with one attached hydrogen (secondary N) is 1. The quantitative estimate of drug-likeness (QED) is 0.878. The van der Waals surface area contributed by atoms with Crippen LogP contribution >= 0.6 is 0 Å². The Bertz CT molecular complexity index is 462. The van der Waals surface area contributed by atoms with Gasteiger partial charge in [-0.1, -0.05) is 12.1 Å². The number of piperidine rings is 1. The number of likely N-dealkylation sites (tertiary alicyclic amines) is 1. The molecule has 1 N–H and O–H groups in total. The van der Waals surface area contributed by atoms with Gasteiger partial charge in [0.15, 0.2) is 0 Å². The van der Waals surface area contributed by atoms with Crippen LogP contribution in [0.1, 0.15) is 32.3 Å². The van der Waals surface area contributed by atoms with E-state index in [0.29, 0.717) is 18.4 Å². The molecule has 0 unspecified atom stereocenters. The van der Waals surface area contributed by atoms with E-state index in [1.54, 1.807) is 7.11 Å². The molecule has 1 heterocycles. The molecule has 1 saturated heterocycles. The molecule has 1 amide bonds. The second-order valence-electron chi connectivity index (χ2n) is 6.40. The lowest BCUT2D eigenvalue weighted by molar-refractivity contribution is -0.120. The molecule has 0 atom stereocenters. The summed E-state index contributed by atoms with van der Waals surface area (Å²) in [5, 5.41) is 3.08. The first-order valence-electron chi connectivity index (χ1n) is 8.22. The second-order valence-corrected chi connectivity index (χ2v) is 6.40. The van der Waals surface area contributed by atoms with Crippen LogP contribution in [0.4, 0.5) is 0 Å². The van der Waals surface area contributed by atoms with Crippen LogP contribution < -0.4 is 10.1 Å². The molecule has 1 aromatic carbocycles. The monoisotopic (exact) mass is 304 g/mol. The van der Waals surface area contributed by atoms with Gasteiger partial charge in [-0.2, -0.15) is 0 Å². The van der Waals surface area contributed by atoms with E-state index in [-0.39, 0.29) is 5.91 Å². The average Bonchev–Trinajstić information content (AvgIpc) is 2.54. The van der Waals surface area contributed by atoms with Crippen LogP contribution in [0, 0.1) is 5.92 Å². The molecule has 0 radical (unpaired) electrons. The highest BCUT2D eigenvalue weighted by Crippen LogP contribution is 2.18. The Kier molecular flexibility index (Phi) is 6.25. The molecule has 2 rings (SSSR count). The molecule has 22 heavy (non-hydrogen) atoms. The van der Waals surface area contributed by atoms with Gasteiger partial charge in [0.1, 0.15) is 5.75 Å². The summed E-state index contributed by atoms with van der Waals surface area (Å²) in [4.78, 5) is 14.5. The Labute approximate surface area is 133 Å². The van der Waals surface area contributed by atoms with E-state index in [1.807, 2.05) is 24.3 Å². The number of carbonyl (C=O) groups excluding carboxylic acids is 1. The minimum Gasteiger partial charge on any atom is -0.497 e. The molecule has 1 aliphatic heterocycles. The number of nitrogens with zero attached hydrogens (tertiary/aromatic N) is 1.